The molecule has 0 aromatic heterocycles. The van der Waals surface area contributed by atoms with Gasteiger partial charge in [0.25, 0.3) is 5.91 Å². The zero-order valence-electron chi connectivity index (χ0n) is 22.6. The minimum Gasteiger partial charge on any atom is -0.490 e. The van der Waals surface area contributed by atoms with Crippen molar-refractivity contribution in [1.82, 2.24) is 10.2 Å². The first-order valence-corrected chi connectivity index (χ1v) is 14.5. The van der Waals surface area contributed by atoms with Crippen LogP contribution < -0.4 is 15.0 Å². The van der Waals surface area contributed by atoms with E-state index in [0.717, 1.165) is 6.07 Å². The monoisotopic (exact) mass is 645 g/mol. The van der Waals surface area contributed by atoms with Crippen LogP contribution >= 0.6 is 19.4 Å². The Balaban J connectivity index is 1.60. The lowest BCUT2D eigenvalue weighted by atomic mass is 9.98. The van der Waals surface area contributed by atoms with Gasteiger partial charge in [-0.05, 0) is 36.8 Å². The maximum absolute atomic E-state index is 15.0. The number of hydrogen-bond donors (Lipinski definition) is 3. The lowest BCUT2D eigenvalue weighted by Crippen LogP contribution is -2.46. The van der Waals surface area contributed by atoms with E-state index in [9.17, 15) is 31.7 Å². The predicted molar refractivity (Wildman–Crippen MR) is 147 cm³/mol. The largest absolute Gasteiger partial charge is 0.490 e. The molecule has 0 saturated heterocycles. The van der Waals surface area contributed by atoms with E-state index in [1.165, 1.54) is 35.0 Å². The Morgan fingerprint density at radius 1 is 1.02 bits per heavy atom. The standard InChI is InChI=1S/C27H25ClF4N3O7P/c1-14-17-4-3-15(26(36)33-12-18-21(31)10-16(29)11-22(18)32)9-23(17)35(27(37)34(14)2)13-19-20(30)5-6-24(25(19)28)41-7-8-42-43(38,39)40/h3-6,9-11,14H,7-8,12-13H2,1-2H3,(H,33,36)(H2,38,39,40). The Labute approximate surface area is 248 Å². The van der Waals surface area contributed by atoms with E-state index in [1.807, 2.05) is 0 Å². The average molecular weight is 646 g/mol. The van der Waals surface area contributed by atoms with Crippen molar-refractivity contribution in [3.8, 4) is 5.75 Å². The number of urea groups is 1. The van der Waals surface area contributed by atoms with Crippen LogP contribution in [-0.2, 0) is 22.2 Å². The Bertz CT molecular complexity index is 1600. The number of rotatable bonds is 10. The summed E-state index contributed by atoms with van der Waals surface area (Å²) in [6.45, 7) is -0.0516. The molecule has 0 bridgehead atoms. The SMILES string of the molecule is CC1c2ccc(C(=O)NCc3c(F)cc(F)cc3F)cc2N(Cc2c(F)ccc(OCCOP(=O)(O)O)c2Cl)C(=O)N1C. The highest BCUT2D eigenvalue weighted by Gasteiger charge is 2.35. The van der Waals surface area contributed by atoms with Gasteiger partial charge in [0.1, 0.15) is 35.6 Å². The van der Waals surface area contributed by atoms with Crippen LogP contribution in [0.5, 0.6) is 5.75 Å². The van der Waals surface area contributed by atoms with Crippen molar-refractivity contribution in [2.75, 3.05) is 25.2 Å². The van der Waals surface area contributed by atoms with Crippen molar-refractivity contribution in [3.05, 3.63) is 93.0 Å². The average Bonchev–Trinajstić information content (AvgIpc) is 2.93. The molecule has 0 spiro atoms. The van der Waals surface area contributed by atoms with Crippen LogP contribution in [-0.4, -0.2) is 46.9 Å². The molecule has 1 atom stereocenters. The zero-order chi connectivity index (χ0) is 31.6. The van der Waals surface area contributed by atoms with Crippen LogP contribution in [0, 0.1) is 23.3 Å². The van der Waals surface area contributed by atoms with Gasteiger partial charge in [-0.25, -0.2) is 26.9 Å². The maximum atomic E-state index is 15.0. The summed E-state index contributed by atoms with van der Waals surface area (Å²) in [7, 11) is -3.19. The Hall–Kier alpha value is -3.68. The van der Waals surface area contributed by atoms with E-state index in [1.54, 1.807) is 13.0 Å². The summed E-state index contributed by atoms with van der Waals surface area (Å²) in [6, 6.07) is 6.64. The molecule has 10 nitrogen and oxygen atoms in total. The van der Waals surface area contributed by atoms with Crippen LogP contribution in [0.4, 0.5) is 28.0 Å². The first kappa shape index (κ1) is 32.2. The number of benzene rings is 3. The molecule has 0 saturated carbocycles. The van der Waals surface area contributed by atoms with E-state index in [0.29, 0.717) is 17.7 Å². The molecule has 0 radical (unpaired) electrons. The third-order valence-electron chi connectivity index (χ3n) is 6.75. The molecule has 4 rings (SSSR count). The first-order valence-electron chi connectivity index (χ1n) is 12.6. The number of halogens is 5. The van der Waals surface area contributed by atoms with Crippen LogP contribution in [0.25, 0.3) is 0 Å². The number of phosphoric acid groups is 1. The molecule has 0 aliphatic carbocycles. The van der Waals surface area contributed by atoms with E-state index in [4.69, 9.17) is 26.1 Å². The number of nitrogens with one attached hydrogen (secondary N) is 1. The molecule has 0 fully saturated rings. The number of nitrogens with zero attached hydrogens (tertiary/aromatic N) is 2. The fraction of sp³-hybridized carbons (Fsp3) is 0.259. The number of fused-ring (bicyclic) bond motifs is 1. The highest BCUT2D eigenvalue weighted by molar-refractivity contribution is 7.46. The number of carbonyl (C=O) groups is 2. The summed E-state index contributed by atoms with van der Waals surface area (Å²) in [5, 5.41) is 2.16. The number of carbonyl (C=O) groups excluding carboxylic acids is 2. The topological polar surface area (TPSA) is 129 Å². The molecular formula is C27H25ClF4N3O7P. The summed E-state index contributed by atoms with van der Waals surface area (Å²) in [5.41, 5.74) is 0.187. The summed E-state index contributed by atoms with van der Waals surface area (Å²) in [4.78, 5) is 46.5. The first-order chi connectivity index (χ1) is 20.2. The normalized spacial score (nSPS) is 15.0. The van der Waals surface area contributed by atoms with Gasteiger partial charge in [0.2, 0.25) is 0 Å². The molecule has 3 aromatic rings. The minimum absolute atomic E-state index is 0.0185. The second-order valence-electron chi connectivity index (χ2n) is 9.47. The van der Waals surface area contributed by atoms with E-state index >= 15 is 0 Å². The summed E-state index contributed by atoms with van der Waals surface area (Å²) >= 11 is 6.40. The number of amides is 3. The third-order valence-corrected chi connectivity index (χ3v) is 7.68. The fourth-order valence-electron chi connectivity index (χ4n) is 4.40. The van der Waals surface area contributed by atoms with Gasteiger partial charge in [-0.15, -0.1) is 0 Å². The highest BCUT2D eigenvalue weighted by atomic mass is 35.5. The molecule has 1 unspecified atom stereocenters. The molecule has 3 amide bonds. The second-order valence-corrected chi connectivity index (χ2v) is 11.1. The number of ether oxygens (including phenoxy) is 1. The molecule has 43 heavy (non-hydrogen) atoms. The van der Waals surface area contributed by atoms with Gasteiger partial charge < -0.3 is 24.7 Å². The smallest absolute Gasteiger partial charge is 0.469 e. The minimum atomic E-state index is -4.72. The molecule has 230 valence electrons. The molecule has 3 aromatic carbocycles. The van der Waals surface area contributed by atoms with Crippen molar-refractivity contribution in [1.29, 1.82) is 0 Å². The van der Waals surface area contributed by atoms with Gasteiger partial charge in [-0.3, -0.25) is 14.2 Å². The van der Waals surface area contributed by atoms with E-state index in [-0.39, 0.29) is 34.2 Å². The highest BCUT2D eigenvalue weighted by Crippen LogP contribution is 2.40. The quantitative estimate of drug-likeness (QED) is 0.152. The van der Waals surface area contributed by atoms with E-state index in [2.05, 4.69) is 9.84 Å². The van der Waals surface area contributed by atoms with Crippen molar-refractivity contribution in [2.24, 2.45) is 0 Å². The van der Waals surface area contributed by atoms with Crippen LogP contribution in [0.15, 0.2) is 42.5 Å². The van der Waals surface area contributed by atoms with Crippen molar-refractivity contribution >= 4 is 37.0 Å². The van der Waals surface area contributed by atoms with Crippen LogP contribution in [0.1, 0.15) is 40.0 Å². The Morgan fingerprint density at radius 2 is 1.70 bits per heavy atom. The molecule has 3 N–H and O–H groups in total. The predicted octanol–water partition coefficient (Wildman–Crippen LogP) is 5.45. The van der Waals surface area contributed by atoms with Crippen molar-refractivity contribution in [2.45, 2.75) is 26.1 Å². The lowest BCUT2D eigenvalue weighted by molar-refractivity contribution is 0.0950. The molecular weight excluding hydrogens is 621 g/mol. The maximum Gasteiger partial charge on any atom is 0.469 e. The summed E-state index contributed by atoms with van der Waals surface area (Å²) in [6.07, 6.45) is 0. The van der Waals surface area contributed by atoms with Crippen LogP contribution in [0.3, 0.4) is 0 Å². The molecule has 1 aliphatic heterocycles. The van der Waals surface area contributed by atoms with E-state index < -0.39 is 74.3 Å². The number of anilines is 1. The zero-order valence-corrected chi connectivity index (χ0v) is 24.3. The fourth-order valence-corrected chi connectivity index (χ4v) is 4.98. The molecule has 1 aliphatic rings. The second kappa shape index (κ2) is 12.9. The summed E-state index contributed by atoms with van der Waals surface area (Å²) in [5.74, 6) is -5.01. The third kappa shape index (κ3) is 7.28. The molecule has 16 heteroatoms. The summed E-state index contributed by atoms with van der Waals surface area (Å²) < 4.78 is 76.8. The van der Waals surface area contributed by atoms with Gasteiger partial charge in [0.15, 0.2) is 0 Å². The molecule has 1 heterocycles. The van der Waals surface area contributed by atoms with Crippen molar-refractivity contribution in [3.63, 3.8) is 0 Å². The van der Waals surface area contributed by atoms with Gasteiger partial charge in [0, 0.05) is 42.4 Å². The number of hydrogen-bond acceptors (Lipinski definition) is 5. The Kier molecular flexibility index (Phi) is 9.67. The van der Waals surface area contributed by atoms with Crippen molar-refractivity contribution < 1.29 is 50.8 Å². The van der Waals surface area contributed by atoms with Gasteiger partial charge in [-0.1, -0.05) is 17.7 Å². The van der Waals surface area contributed by atoms with Gasteiger partial charge in [-0.2, -0.15) is 0 Å². The Morgan fingerprint density at radius 3 is 2.35 bits per heavy atom. The lowest BCUT2D eigenvalue weighted by Gasteiger charge is -2.40. The van der Waals surface area contributed by atoms with Crippen LogP contribution in [0.2, 0.25) is 5.02 Å². The number of phosphoric ester groups is 1. The van der Waals surface area contributed by atoms with Gasteiger partial charge >= 0.3 is 13.9 Å². The van der Waals surface area contributed by atoms with Gasteiger partial charge in [0.05, 0.1) is 29.9 Å².